The highest BCUT2D eigenvalue weighted by Crippen LogP contribution is 2.28. The maximum absolute atomic E-state index is 13.0. The first-order chi connectivity index (χ1) is 21.9. The van der Waals surface area contributed by atoms with E-state index in [0.717, 1.165) is 22.2 Å². The van der Waals surface area contributed by atoms with Gasteiger partial charge in [-0.15, -0.1) is 11.8 Å². The highest BCUT2D eigenvalue weighted by Gasteiger charge is 2.39. The predicted molar refractivity (Wildman–Crippen MR) is 171 cm³/mol. The van der Waals surface area contributed by atoms with E-state index < -0.39 is 41.2 Å². The number of Topliss-reactive ketones (excluding diaryl/α,β-unsaturated/α-hetero) is 3. The number of nitrogens with zero attached hydrogens (tertiary/aromatic N) is 1. The Morgan fingerprint density at radius 3 is 2.41 bits per heavy atom. The summed E-state index contributed by atoms with van der Waals surface area (Å²) in [4.78, 5) is 87.1. The Kier molecular flexibility index (Phi) is 16.6. The van der Waals surface area contributed by atoms with Crippen molar-refractivity contribution in [2.24, 2.45) is 17.4 Å². The average Bonchev–Trinajstić information content (AvgIpc) is 3.28. The highest BCUT2D eigenvalue weighted by molar-refractivity contribution is 8.00. The first-order valence-corrected chi connectivity index (χ1v) is 16.2. The standard InChI is InChI=1S/C31H45N5O9S/c1-19(37)24(32)15-20-6-8-23(9-7-20)45-31(43)35-12-10-25(34-2)26(39)16-21(29(33)41)18-46-27-17-28(40)36(30(27)42)13-11-22(38)5-4-14-44-3/h6-9,21,24-25,27,34H,4-5,10-18,32H2,1-3H3,(H2,33,41)(H,35,43)/t21-,24-,25?,27?/m0/s1. The number of likely N-dealkylation sites (tertiary alicyclic amines) is 1. The van der Waals surface area contributed by atoms with Crippen molar-refractivity contribution in [1.82, 2.24) is 15.5 Å². The second-order valence-corrected chi connectivity index (χ2v) is 12.3. The minimum Gasteiger partial charge on any atom is -0.410 e. The number of carbonyl (C=O) groups is 7. The van der Waals surface area contributed by atoms with Gasteiger partial charge in [-0.2, -0.15) is 0 Å². The number of amides is 4. The molecule has 1 aromatic carbocycles. The predicted octanol–water partition coefficient (Wildman–Crippen LogP) is 0.519. The molecule has 1 heterocycles. The Balaban J connectivity index is 1.79. The second-order valence-electron chi connectivity index (χ2n) is 11.1. The minimum absolute atomic E-state index is 0.00732. The summed E-state index contributed by atoms with van der Waals surface area (Å²) >= 11 is 1.09. The van der Waals surface area contributed by atoms with Crippen molar-refractivity contribution in [2.75, 3.05) is 39.6 Å². The van der Waals surface area contributed by atoms with E-state index in [9.17, 15) is 33.6 Å². The number of rotatable bonds is 22. The molecule has 0 aromatic heterocycles. The maximum Gasteiger partial charge on any atom is 0.412 e. The number of primary amides is 1. The van der Waals surface area contributed by atoms with Gasteiger partial charge in [-0.25, -0.2) is 4.79 Å². The van der Waals surface area contributed by atoms with Crippen LogP contribution in [0, 0.1) is 5.92 Å². The van der Waals surface area contributed by atoms with Crippen molar-refractivity contribution in [3.63, 3.8) is 0 Å². The lowest BCUT2D eigenvalue weighted by molar-refractivity contribution is -0.138. The van der Waals surface area contributed by atoms with Crippen LogP contribution in [-0.2, 0) is 39.9 Å². The van der Waals surface area contributed by atoms with E-state index in [2.05, 4.69) is 10.6 Å². The Labute approximate surface area is 273 Å². The van der Waals surface area contributed by atoms with Crippen molar-refractivity contribution < 1.29 is 43.0 Å². The summed E-state index contributed by atoms with van der Waals surface area (Å²) in [6.45, 7) is 1.98. The number of hydrogen-bond acceptors (Lipinski definition) is 12. The fourth-order valence-corrected chi connectivity index (χ4v) is 5.95. The zero-order valence-corrected chi connectivity index (χ0v) is 27.4. The fraction of sp³-hybridized carbons (Fsp3) is 0.581. The van der Waals surface area contributed by atoms with Crippen LogP contribution < -0.4 is 26.8 Å². The molecular weight excluding hydrogens is 618 g/mol. The van der Waals surface area contributed by atoms with Crippen LogP contribution in [0.5, 0.6) is 5.75 Å². The van der Waals surface area contributed by atoms with E-state index in [4.69, 9.17) is 20.9 Å². The summed E-state index contributed by atoms with van der Waals surface area (Å²) in [5, 5.41) is 4.73. The van der Waals surface area contributed by atoms with Crippen molar-refractivity contribution >= 4 is 52.9 Å². The number of ketones is 3. The average molecular weight is 664 g/mol. The number of nitrogens with two attached hydrogens (primary N) is 2. The third kappa shape index (κ3) is 13.0. The van der Waals surface area contributed by atoms with Gasteiger partial charge in [0.15, 0.2) is 5.78 Å². The van der Waals surface area contributed by atoms with E-state index in [1.807, 2.05) is 0 Å². The number of ether oxygens (including phenoxy) is 2. The number of nitrogens with one attached hydrogen (secondary N) is 2. The van der Waals surface area contributed by atoms with Crippen molar-refractivity contribution in [3.8, 4) is 5.75 Å². The van der Waals surface area contributed by atoms with Gasteiger partial charge in [0.25, 0.3) is 0 Å². The molecule has 2 rings (SSSR count). The van der Waals surface area contributed by atoms with Crippen LogP contribution in [0.15, 0.2) is 24.3 Å². The van der Waals surface area contributed by atoms with E-state index >= 15 is 0 Å². The summed E-state index contributed by atoms with van der Waals surface area (Å²) in [6.07, 6.45) is 0.555. The van der Waals surface area contributed by atoms with Gasteiger partial charge in [0.1, 0.15) is 17.3 Å². The number of imide groups is 1. The van der Waals surface area contributed by atoms with E-state index in [-0.39, 0.29) is 73.5 Å². The topological polar surface area (TPSA) is 217 Å². The Hall–Kier alpha value is -3.66. The van der Waals surface area contributed by atoms with Gasteiger partial charge < -0.3 is 31.6 Å². The van der Waals surface area contributed by atoms with Crippen LogP contribution in [0.2, 0.25) is 0 Å². The zero-order chi connectivity index (χ0) is 34.2. The van der Waals surface area contributed by atoms with Gasteiger partial charge in [-0.1, -0.05) is 12.1 Å². The summed E-state index contributed by atoms with van der Waals surface area (Å²) in [6, 6.07) is 5.30. The van der Waals surface area contributed by atoms with Gasteiger partial charge in [0.2, 0.25) is 17.7 Å². The van der Waals surface area contributed by atoms with Crippen LogP contribution in [0.25, 0.3) is 0 Å². The molecule has 1 aliphatic heterocycles. The van der Waals surface area contributed by atoms with Gasteiger partial charge >= 0.3 is 6.09 Å². The van der Waals surface area contributed by atoms with Crippen LogP contribution in [-0.4, -0.2) is 103 Å². The molecule has 46 heavy (non-hydrogen) atoms. The Morgan fingerprint density at radius 1 is 1.11 bits per heavy atom. The molecule has 1 fully saturated rings. The number of likely N-dealkylation sites (N-methyl/N-ethyl adjacent to an activating group) is 1. The van der Waals surface area contributed by atoms with Gasteiger partial charge in [-0.05, 0) is 50.9 Å². The molecule has 254 valence electrons. The van der Waals surface area contributed by atoms with Crippen molar-refractivity contribution in [3.05, 3.63) is 29.8 Å². The summed E-state index contributed by atoms with van der Waals surface area (Å²) in [5.74, 6) is -2.52. The normalized spacial score (nSPS) is 16.5. The van der Waals surface area contributed by atoms with Crippen molar-refractivity contribution in [2.45, 2.75) is 69.2 Å². The molecule has 1 aliphatic rings. The Morgan fingerprint density at radius 2 is 1.80 bits per heavy atom. The zero-order valence-electron chi connectivity index (χ0n) is 26.6. The van der Waals surface area contributed by atoms with Gasteiger partial charge in [0, 0.05) is 58.2 Å². The van der Waals surface area contributed by atoms with Gasteiger partial charge in [-0.3, -0.25) is 33.7 Å². The number of carbonyl (C=O) groups excluding carboxylic acids is 7. The molecule has 0 saturated carbocycles. The Bertz CT molecular complexity index is 1240. The lowest BCUT2D eigenvalue weighted by Crippen LogP contribution is -2.41. The summed E-state index contributed by atoms with van der Waals surface area (Å²) in [5.41, 5.74) is 12.2. The molecule has 0 aliphatic carbocycles. The van der Waals surface area contributed by atoms with Crippen molar-refractivity contribution in [1.29, 1.82) is 0 Å². The SMILES string of the molecule is CNC(CCNC(=O)Oc1ccc(C[C@H](N)C(C)=O)cc1)C(=O)C[C@@H](CSC1CC(=O)N(CCC(=O)CCCOC)C1=O)C(N)=O. The monoisotopic (exact) mass is 663 g/mol. The molecule has 4 amide bonds. The molecule has 1 aromatic rings. The molecule has 0 spiro atoms. The molecule has 1 saturated heterocycles. The maximum atomic E-state index is 13.0. The third-order valence-electron chi connectivity index (χ3n) is 7.52. The number of thioether (sulfide) groups is 1. The number of hydrogen-bond donors (Lipinski definition) is 4. The summed E-state index contributed by atoms with van der Waals surface area (Å²) < 4.78 is 10.2. The van der Waals surface area contributed by atoms with Crippen LogP contribution >= 0.6 is 11.8 Å². The van der Waals surface area contributed by atoms with Gasteiger partial charge in [0.05, 0.1) is 23.3 Å². The molecule has 14 nitrogen and oxygen atoms in total. The third-order valence-corrected chi connectivity index (χ3v) is 8.89. The molecule has 0 radical (unpaired) electrons. The highest BCUT2D eigenvalue weighted by atomic mass is 32.2. The second kappa shape index (κ2) is 19.8. The van der Waals surface area contributed by atoms with E-state index in [1.54, 1.807) is 38.4 Å². The molecular formula is C31H45N5O9S. The molecule has 0 bridgehead atoms. The number of benzene rings is 1. The lowest BCUT2D eigenvalue weighted by Gasteiger charge is -2.19. The van der Waals surface area contributed by atoms with E-state index in [0.29, 0.717) is 25.9 Å². The largest absolute Gasteiger partial charge is 0.412 e. The molecule has 4 atom stereocenters. The van der Waals surface area contributed by atoms with Crippen LogP contribution in [0.1, 0.15) is 51.0 Å². The van der Waals surface area contributed by atoms with Crippen LogP contribution in [0.3, 0.4) is 0 Å². The lowest BCUT2D eigenvalue weighted by atomic mass is 9.98. The van der Waals surface area contributed by atoms with E-state index in [1.165, 1.54) is 6.92 Å². The quantitative estimate of drug-likeness (QED) is 0.0986. The molecule has 2 unspecified atom stereocenters. The molecule has 15 heteroatoms. The smallest absolute Gasteiger partial charge is 0.410 e. The fourth-order valence-electron chi connectivity index (χ4n) is 4.67. The first-order valence-electron chi connectivity index (χ1n) is 15.1. The molecule has 6 N–H and O–H groups in total. The number of methoxy groups -OCH3 is 1. The van der Waals surface area contributed by atoms with Crippen LogP contribution in [0.4, 0.5) is 4.79 Å². The summed E-state index contributed by atoms with van der Waals surface area (Å²) in [7, 11) is 3.12. The first kappa shape index (κ1) is 38.5. The minimum atomic E-state index is -0.876.